The average Bonchev–Trinajstić information content (AvgIpc) is 2.61. The minimum atomic E-state index is 0.716. The molecule has 0 unspecified atom stereocenters. The van der Waals surface area contributed by atoms with E-state index < -0.39 is 0 Å². The molecule has 3 rings (SSSR count). The molecular weight excluding hydrogens is 320 g/mol. The molecule has 0 spiro atoms. The zero-order valence-corrected chi connectivity index (χ0v) is 15.6. The van der Waals surface area contributed by atoms with Crippen molar-refractivity contribution in [1.82, 2.24) is 10.2 Å². The number of nitrogens with zero attached hydrogens (tertiary/aromatic N) is 4. The summed E-state index contributed by atoms with van der Waals surface area (Å²) in [5, 5.41) is 8.40. The van der Waals surface area contributed by atoms with Crippen molar-refractivity contribution < 1.29 is 0 Å². The van der Waals surface area contributed by atoms with Crippen LogP contribution in [0.1, 0.15) is 33.6 Å². The standard InChI is InChI=1S/C22H22N4/c1-15-5-9-21(17(3)11-15)23-13-19-7-8-20(26-25-19)14-24-22-10-6-16(2)12-18(22)4/h5-14H,1-4H3. The minimum absolute atomic E-state index is 0.716. The number of aromatic nitrogens is 2. The molecule has 2 aromatic carbocycles. The first-order valence-corrected chi connectivity index (χ1v) is 8.57. The Morgan fingerprint density at radius 2 is 1.04 bits per heavy atom. The van der Waals surface area contributed by atoms with E-state index in [-0.39, 0.29) is 0 Å². The van der Waals surface area contributed by atoms with Crippen molar-refractivity contribution in [2.24, 2.45) is 9.98 Å². The maximum absolute atomic E-state index is 4.50. The molecule has 0 aliphatic heterocycles. The quantitative estimate of drug-likeness (QED) is 0.611. The largest absolute Gasteiger partial charge is 0.254 e. The van der Waals surface area contributed by atoms with Crippen molar-refractivity contribution in [3.63, 3.8) is 0 Å². The first-order chi connectivity index (χ1) is 12.5. The van der Waals surface area contributed by atoms with Gasteiger partial charge in [-0.05, 0) is 63.1 Å². The summed E-state index contributed by atoms with van der Waals surface area (Å²) in [4.78, 5) is 9.00. The van der Waals surface area contributed by atoms with Crippen LogP contribution in [0.5, 0.6) is 0 Å². The molecule has 4 heteroatoms. The topological polar surface area (TPSA) is 50.5 Å². The number of rotatable bonds is 4. The summed E-state index contributed by atoms with van der Waals surface area (Å²) in [6.07, 6.45) is 3.46. The van der Waals surface area contributed by atoms with E-state index in [0.717, 1.165) is 22.5 Å². The predicted molar refractivity (Wildman–Crippen MR) is 108 cm³/mol. The molecule has 4 nitrogen and oxygen atoms in total. The van der Waals surface area contributed by atoms with Gasteiger partial charge in [0, 0.05) is 0 Å². The van der Waals surface area contributed by atoms with E-state index in [9.17, 15) is 0 Å². The van der Waals surface area contributed by atoms with Crippen LogP contribution in [0.2, 0.25) is 0 Å². The molecule has 0 bridgehead atoms. The molecule has 0 saturated heterocycles. The molecule has 26 heavy (non-hydrogen) atoms. The van der Waals surface area contributed by atoms with Gasteiger partial charge in [-0.15, -0.1) is 10.2 Å². The molecule has 130 valence electrons. The summed E-state index contributed by atoms with van der Waals surface area (Å²) in [5.74, 6) is 0. The van der Waals surface area contributed by atoms with Crippen LogP contribution >= 0.6 is 0 Å². The molecule has 1 aromatic heterocycles. The van der Waals surface area contributed by atoms with Gasteiger partial charge < -0.3 is 0 Å². The number of benzene rings is 2. The van der Waals surface area contributed by atoms with Crippen molar-refractivity contribution in [3.8, 4) is 0 Å². The van der Waals surface area contributed by atoms with Crippen molar-refractivity contribution in [2.75, 3.05) is 0 Å². The monoisotopic (exact) mass is 342 g/mol. The van der Waals surface area contributed by atoms with Gasteiger partial charge in [-0.2, -0.15) is 0 Å². The lowest BCUT2D eigenvalue weighted by Crippen LogP contribution is -1.95. The molecule has 0 atom stereocenters. The highest BCUT2D eigenvalue weighted by Crippen LogP contribution is 2.20. The molecule has 1 heterocycles. The fourth-order valence-corrected chi connectivity index (χ4v) is 2.66. The Hall–Kier alpha value is -3.14. The van der Waals surface area contributed by atoms with Gasteiger partial charge in [0.05, 0.1) is 23.8 Å². The van der Waals surface area contributed by atoms with Crippen LogP contribution in [0.15, 0.2) is 58.5 Å². The second kappa shape index (κ2) is 7.83. The fourth-order valence-electron chi connectivity index (χ4n) is 2.66. The Kier molecular flexibility index (Phi) is 5.32. The van der Waals surface area contributed by atoms with Crippen molar-refractivity contribution in [1.29, 1.82) is 0 Å². The number of hydrogen-bond acceptors (Lipinski definition) is 4. The van der Waals surface area contributed by atoms with Gasteiger partial charge in [0.25, 0.3) is 0 Å². The van der Waals surface area contributed by atoms with Gasteiger partial charge in [-0.1, -0.05) is 35.4 Å². The van der Waals surface area contributed by atoms with Gasteiger partial charge in [-0.3, -0.25) is 9.98 Å². The Bertz CT molecular complexity index is 889. The summed E-state index contributed by atoms with van der Waals surface area (Å²) < 4.78 is 0. The normalized spacial score (nSPS) is 11.5. The Morgan fingerprint density at radius 1 is 0.615 bits per heavy atom. The van der Waals surface area contributed by atoms with Gasteiger partial charge in [0.1, 0.15) is 11.4 Å². The number of aryl methyl sites for hydroxylation is 4. The third-order valence-electron chi connectivity index (χ3n) is 4.08. The van der Waals surface area contributed by atoms with E-state index in [1.54, 1.807) is 12.4 Å². The van der Waals surface area contributed by atoms with E-state index in [0.29, 0.717) is 11.4 Å². The molecule has 0 saturated carbocycles. The van der Waals surface area contributed by atoms with E-state index in [1.807, 2.05) is 24.3 Å². The van der Waals surface area contributed by atoms with Crippen molar-refractivity contribution >= 4 is 23.8 Å². The Morgan fingerprint density at radius 3 is 1.38 bits per heavy atom. The summed E-state index contributed by atoms with van der Waals surface area (Å²) in [7, 11) is 0. The molecule has 0 fully saturated rings. The zero-order valence-electron chi connectivity index (χ0n) is 15.6. The third-order valence-corrected chi connectivity index (χ3v) is 4.08. The van der Waals surface area contributed by atoms with E-state index in [4.69, 9.17) is 0 Å². The second-order valence-electron chi connectivity index (χ2n) is 6.48. The highest BCUT2D eigenvalue weighted by Gasteiger charge is 1.98. The van der Waals surface area contributed by atoms with Crippen LogP contribution in [0.25, 0.3) is 0 Å². The number of hydrogen-bond donors (Lipinski definition) is 0. The van der Waals surface area contributed by atoms with Crippen LogP contribution < -0.4 is 0 Å². The SMILES string of the molecule is Cc1ccc(N=Cc2ccc(C=Nc3ccc(C)cc3C)nn2)c(C)c1. The van der Waals surface area contributed by atoms with Gasteiger partial charge in [-0.25, -0.2) is 0 Å². The number of aliphatic imine (C=N–C) groups is 2. The van der Waals surface area contributed by atoms with Crippen LogP contribution in [-0.2, 0) is 0 Å². The first kappa shape index (κ1) is 17.7. The van der Waals surface area contributed by atoms with E-state index in [1.165, 1.54) is 11.1 Å². The molecule has 3 aromatic rings. The van der Waals surface area contributed by atoms with Gasteiger partial charge >= 0.3 is 0 Å². The second-order valence-corrected chi connectivity index (χ2v) is 6.48. The molecule has 0 amide bonds. The lowest BCUT2D eigenvalue weighted by Gasteiger charge is -2.01. The average molecular weight is 342 g/mol. The summed E-state index contributed by atoms with van der Waals surface area (Å²) in [6, 6.07) is 16.2. The van der Waals surface area contributed by atoms with Crippen LogP contribution in [-0.4, -0.2) is 22.6 Å². The van der Waals surface area contributed by atoms with Gasteiger partial charge in [0.15, 0.2) is 0 Å². The molecular formula is C22H22N4. The smallest absolute Gasteiger partial charge is 0.104 e. The summed E-state index contributed by atoms with van der Waals surface area (Å²) in [5.41, 5.74) is 8.07. The van der Waals surface area contributed by atoms with E-state index in [2.05, 4.69) is 72.1 Å². The predicted octanol–water partition coefficient (Wildman–Crippen LogP) is 5.21. The maximum Gasteiger partial charge on any atom is 0.104 e. The molecule has 0 aliphatic carbocycles. The maximum atomic E-state index is 4.50. The molecule has 0 N–H and O–H groups in total. The van der Waals surface area contributed by atoms with Crippen molar-refractivity contribution in [2.45, 2.75) is 27.7 Å². The first-order valence-electron chi connectivity index (χ1n) is 8.57. The lowest BCUT2D eigenvalue weighted by atomic mass is 10.1. The highest BCUT2D eigenvalue weighted by molar-refractivity contribution is 5.82. The summed E-state index contributed by atoms with van der Waals surface area (Å²) >= 11 is 0. The van der Waals surface area contributed by atoms with Gasteiger partial charge in [0.2, 0.25) is 0 Å². The Labute approximate surface area is 154 Å². The lowest BCUT2D eigenvalue weighted by molar-refractivity contribution is 1.01. The van der Waals surface area contributed by atoms with E-state index >= 15 is 0 Å². The van der Waals surface area contributed by atoms with Crippen LogP contribution in [0, 0.1) is 27.7 Å². The van der Waals surface area contributed by atoms with Crippen molar-refractivity contribution in [3.05, 3.63) is 82.2 Å². The highest BCUT2D eigenvalue weighted by atomic mass is 15.1. The third kappa shape index (κ3) is 4.48. The van der Waals surface area contributed by atoms with Crippen LogP contribution in [0.4, 0.5) is 11.4 Å². The molecule has 0 aliphatic rings. The minimum Gasteiger partial charge on any atom is -0.254 e. The Balaban J connectivity index is 1.72. The zero-order chi connectivity index (χ0) is 18.5. The fraction of sp³-hybridized carbons (Fsp3) is 0.182. The van der Waals surface area contributed by atoms with Crippen LogP contribution in [0.3, 0.4) is 0 Å². The summed E-state index contributed by atoms with van der Waals surface area (Å²) in [6.45, 7) is 8.25. The molecule has 0 radical (unpaired) electrons.